The number of amidine groups is 1. The molecule has 3 atom stereocenters. The number of amides is 2. The first-order valence-electron chi connectivity index (χ1n) is 14.2. The molecule has 3 N–H and O–H groups in total. The minimum atomic E-state index is -0.618. The standard InChI is InChI=1S/C32H40FN7O2/c1-19(2)23-9-7-8-21(4)30(23)40(18-42)32-24(31(36-6)39-13-12-38(17-41)16-22(39)5)14-26(33)29(37-32)28-20(3)10-11-27(35)25(28)15-34/h7-11,14-15,17-19,22-23,30,34H,12-13,16,35H2,1-6H3/b34-15?,36-31+. The fourth-order valence-electron chi connectivity index (χ4n) is 6.11. The number of hydrogen-bond acceptors (Lipinski definition) is 6. The van der Waals surface area contributed by atoms with Crippen molar-refractivity contribution in [3.8, 4) is 11.3 Å². The molecule has 1 fully saturated rings. The van der Waals surface area contributed by atoms with Crippen molar-refractivity contribution in [1.29, 1.82) is 5.41 Å². The fourth-order valence-corrected chi connectivity index (χ4v) is 6.11. The molecule has 1 aromatic carbocycles. The maximum atomic E-state index is 16.3. The van der Waals surface area contributed by atoms with E-state index in [0.29, 0.717) is 53.4 Å². The Kier molecular flexibility index (Phi) is 9.23. The van der Waals surface area contributed by atoms with Gasteiger partial charge in [-0.1, -0.05) is 38.1 Å². The molecule has 1 aromatic heterocycles. The summed E-state index contributed by atoms with van der Waals surface area (Å²) in [5, 5.41) is 8.01. The van der Waals surface area contributed by atoms with Gasteiger partial charge in [-0.25, -0.2) is 9.37 Å². The summed E-state index contributed by atoms with van der Waals surface area (Å²) < 4.78 is 16.3. The summed E-state index contributed by atoms with van der Waals surface area (Å²) in [5.41, 5.74) is 9.35. The number of hydrogen-bond donors (Lipinski definition) is 2. The molecule has 10 heteroatoms. The lowest BCUT2D eigenvalue weighted by Crippen LogP contribution is -2.54. The highest BCUT2D eigenvalue weighted by Crippen LogP contribution is 2.38. The Morgan fingerprint density at radius 2 is 2.00 bits per heavy atom. The second kappa shape index (κ2) is 12.7. The minimum absolute atomic E-state index is 0.00672. The molecule has 3 unspecified atom stereocenters. The molecule has 2 aromatic rings. The van der Waals surface area contributed by atoms with Crippen molar-refractivity contribution in [3.63, 3.8) is 0 Å². The van der Waals surface area contributed by atoms with Gasteiger partial charge in [0.1, 0.15) is 23.2 Å². The van der Waals surface area contributed by atoms with E-state index >= 15 is 4.39 Å². The van der Waals surface area contributed by atoms with E-state index in [1.165, 1.54) is 6.07 Å². The van der Waals surface area contributed by atoms with Gasteiger partial charge in [-0.3, -0.25) is 19.5 Å². The van der Waals surface area contributed by atoms with Crippen LogP contribution in [0.5, 0.6) is 0 Å². The van der Waals surface area contributed by atoms with Crippen molar-refractivity contribution >= 4 is 36.4 Å². The van der Waals surface area contributed by atoms with E-state index < -0.39 is 5.82 Å². The summed E-state index contributed by atoms with van der Waals surface area (Å²) in [7, 11) is 1.63. The lowest BCUT2D eigenvalue weighted by atomic mass is 9.80. The summed E-state index contributed by atoms with van der Waals surface area (Å²) in [6, 6.07) is 4.37. The molecule has 1 aliphatic carbocycles. The fraction of sp³-hybridized carbons (Fsp3) is 0.406. The van der Waals surface area contributed by atoms with Gasteiger partial charge in [0.2, 0.25) is 12.8 Å². The van der Waals surface area contributed by atoms with Crippen LogP contribution in [0.2, 0.25) is 0 Å². The molecule has 9 nitrogen and oxygen atoms in total. The van der Waals surface area contributed by atoms with Gasteiger partial charge in [0, 0.05) is 61.7 Å². The molecular formula is C32H40FN7O2. The average Bonchev–Trinajstić information content (AvgIpc) is 2.97. The first-order chi connectivity index (χ1) is 20.1. The molecule has 1 aliphatic heterocycles. The van der Waals surface area contributed by atoms with Crippen molar-refractivity contribution in [3.05, 3.63) is 64.5 Å². The van der Waals surface area contributed by atoms with Gasteiger partial charge in [0.25, 0.3) is 0 Å². The van der Waals surface area contributed by atoms with E-state index in [2.05, 4.69) is 24.9 Å². The maximum Gasteiger partial charge on any atom is 0.215 e. The zero-order chi connectivity index (χ0) is 30.7. The summed E-state index contributed by atoms with van der Waals surface area (Å²) in [6.07, 6.45) is 8.77. The number of carbonyl (C=O) groups is 2. The van der Waals surface area contributed by atoms with Crippen LogP contribution in [0, 0.1) is 30.0 Å². The number of halogens is 1. The van der Waals surface area contributed by atoms with Gasteiger partial charge in [-0.2, -0.15) is 0 Å². The monoisotopic (exact) mass is 573 g/mol. The second-order valence-electron chi connectivity index (χ2n) is 11.4. The van der Waals surface area contributed by atoms with Crippen LogP contribution >= 0.6 is 0 Å². The predicted molar refractivity (Wildman–Crippen MR) is 166 cm³/mol. The predicted octanol–water partition coefficient (Wildman–Crippen LogP) is 4.43. The van der Waals surface area contributed by atoms with Crippen LogP contribution < -0.4 is 10.6 Å². The summed E-state index contributed by atoms with van der Waals surface area (Å²) in [4.78, 5) is 39.3. The highest BCUT2D eigenvalue weighted by Gasteiger charge is 2.36. The number of allylic oxidation sites excluding steroid dienone is 2. The maximum absolute atomic E-state index is 16.3. The number of rotatable bonds is 8. The highest BCUT2D eigenvalue weighted by molar-refractivity contribution is 6.05. The molecular weight excluding hydrogens is 533 g/mol. The number of nitrogen functional groups attached to an aromatic ring is 1. The van der Waals surface area contributed by atoms with E-state index in [1.54, 1.807) is 29.0 Å². The number of aliphatic imine (C=N–C) groups is 1. The normalized spacial score (nSPS) is 20.9. The molecule has 0 spiro atoms. The number of aromatic nitrogens is 1. The zero-order valence-electron chi connectivity index (χ0n) is 25.1. The third-order valence-corrected chi connectivity index (χ3v) is 8.31. The van der Waals surface area contributed by atoms with Gasteiger partial charge in [-0.05, 0) is 50.0 Å². The van der Waals surface area contributed by atoms with Crippen LogP contribution in [-0.4, -0.2) is 78.4 Å². The van der Waals surface area contributed by atoms with E-state index in [4.69, 9.17) is 16.1 Å². The Morgan fingerprint density at radius 3 is 2.60 bits per heavy atom. The van der Waals surface area contributed by atoms with Crippen molar-refractivity contribution in [2.45, 2.75) is 46.7 Å². The van der Waals surface area contributed by atoms with Crippen molar-refractivity contribution in [2.75, 3.05) is 37.3 Å². The Labute approximate surface area is 247 Å². The summed E-state index contributed by atoms with van der Waals surface area (Å²) in [5.74, 6) is 0.332. The molecule has 2 amide bonds. The Hall–Kier alpha value is -4.34. The third kappa shape index (κ3) is 5.57. The first kappa shape index (κ1) is 30.6. The van der Waals surface area contributed by atoms with E-state index in [-0.39, 0.29) is 35.4 Å². The molecule has 4 rings (SSSR count). The number of nitrogens with one attached hydrogen (secondary N) is 1. The number of anilines is 2. The van der Waals surface area contributed by atoms with Crippen LogP contribution in [0.3, 0.4) is 0 Å². The quantitative estimate of drug-likeness (QED) is 0.210. The van der Waals surface area contributed by atoms with Crippen molar-refractivity contribution < 1.29 is 14.0 Å². The van der Waals surface area contributed by atoms with Crippen LogP contribution in [0.15, 0.2) is 47.0 Å². The van der Waals surface area contributed by atoms with Gasteiger partial charge in [-0.15, -0.1) is 0 Å². The molecule has 42 heavy (non-hydrogen) atoms. The minimum Gasteiger partial charge on any atom is -0.398 e. The number of carbonyl (C=O) groups excluding carboxylic acids is 2. The lowest BCUT2D eigenvalue weighted by molar-refractivity contribution is -0.120. The van der Waals surface area contributed by atoms with Gasteiger partial charge >= 0.3 is 0 Å². The zero-order valence-corrected chi connectivity index (χ0v) is 25.1. The smallest absolute Gasteiger partial charge is 0.215 e. The second-order valence-corrected chi connectivity index (χ2v) is 11.4. The Morgan fingerprint density at radius 1 is 1.26 bits per heavy atom. The van der Waals surface area contributed by atoms with Crippen LogP contribution in [0.4, 0.5) is 15.9 Å². The van der Waals surface area contributed by atoms with Crippen LogP contribution in [0.1, 0.15) is 44.4 Å². The van der Waals surface area contributed by atoms with Crippen molar-refractivity contribution in [1.82, 2.24) is 14.8 Å². The van der Waals surface area contributed by atoms with Crippen LogP contribution in [0.25, 0.3) is 11.3 Å². The van der Waals surface area contributed by atoms with E-state index in [1.807, 2.05) is 37.8 Å². The third-order valence-electron chi connectivity index (χ3n) is 8.31. The molecule has 0 saturated carbocycles. The SMILES string of the molecule is C/N=C(\c1cc(F)c(-c2c(C)ccc(N)c2C=N)nc1N(C=O)C1C(C)=CC=CC1C(C)C)N1CCN(C=O)CC1C. The summed E-state index contributed by atoms with van der Waals surface area (Å²) >= 11 is 0. The number of nitrogens with two attached hydrogens (primary N) is 1. The largest absolute Gasteiger partial charge is 0.398 e. The number of pyridine rings is 1. The van der Waals surface area contributed by atoms with Gasteiger partial charge in [0.05, 0.1) is 11.6 Å². The molecule has 2 heterocycles. The van der Waals surface area contributed by atoms with E-state index in [0.717, 1.165) is 24.6 Å². The molecule has 222 valence electrons. The molecule has 0 radical (unpaired) electrons. The van der Waals surface area contributed by atoms with Gasteiger partial charge < -0.3 is 20.9 Å². The van der Waals surface area contributed by atoms with Crippen molar-refractivity contribution in [2.24, 2.45) is 16.8 Å². The van der Waals surface area contributed by atoms with Gasteiger partial charge in [0.15, 0.2) is 0 Å². The average molecular weight is 574 g/mol. The van der Waals surface area contributed by atoms with Crippen LogP contribution in [-0.2, 0) is 9.59 Å². The Balaban J connectivity index is 2.00. The molecule has 2 aliphatic rings. The lowest BCUT2D eigenvalue weighted by Gasteiger charge is -2.42. The highest BCUT2D eigenvalue weighted by atomic mass is 19.1. The molecule has 1 saturated heterocycles. The number of aryl methyl sites for hydroxylation is 1. The number of nitrogens with zero attached hydrogens (tertiary/aromatic N) is 5. The number of piperazine rings is 1. The van der Waals surface area contributed by atoms with E-state index in [9.17, 15) is 9.59 Å². The Bertz CT molecular complexity index is 1470. The summed E-state index contributed by atoms with van der Waals surface area (Å²) in [6.45, 7) is 11.5. The topological polar surface area (TPSA) is 119 Å². The number of benzene rings is 1. The first-order valence-corrected chi connectivity index (χ1v) is 14.2. The molecule has 0 bridgehead atoms.